The van der Waals surface area contributed by atoms with E-state index in [1.807, 2.05) is 0 Å². The van der Waals surface area contributed by atoms with Gasteiger partial charge >= 0.3 is 0 Å². The molecule has 0 saturated carbocycles. The number of carbonyl (C=O) groups excluding carboxylic acids is 1. The summed E-state index contributed by atoms with van der Waals surface area (Å²) in [6.07, 6.45) is 1.89. The molecule has 0 bridgehead atoms. The Balaban J connectivity index is 1.86. The first-order valence-corrected chi connectivity index (χ1v) is 7.56. The van der Waals surface area contributed by atoms with Crippen molar-refractivity contribution in [2.45, 2.75) is 26.0 Å². The number of hydrogen-bond donors (Lipinski definition) is 1. The van der Waals surface area contributed by atoms with E-state index in [2.05, 4.69) is 22.0 Å². The van der Waals surface area contributed by atoms with Gasteiger partial charge < -0.3 is 14.6 Å². The van der Waals surface area contributed by atoms with E-state index in [0.717, 1.165) is 5.56 Å². The van der Waals surface area contributed by atoms with Gasteiger partial charge in [0.2, 0.25) is 17.6 Å². The van der Waals surface area contributed by atoms with Crippen molar-refractivity contribution in [2.75, 3.05) is 6.61 Å². The molecular weight excluding hydrogens is 318 g/mol. The first-order valence-electron chi connectivity index (χ1n) is 7.19. The molecule has 0 aliphatic carbocycles. The number of amides is 1. The van der Waals surface area contributed by atoms with Crippen LogP contribution in [0.15, 0.2) is 41.4 Å². The highest BCUT2D eigenvalue weighted by atomic mass is 35.5. The summed E-state index contributed by atoms with van der Waals surface area (Å²) in [6, 6.07) is 7.09. The molecule has 0 aliphatic rings. The van der Waals surface area contributed by atoms with Crippen molar-refractivity contribution in [1.29, 1.82) is 0 Å². The maximum Gasteiger partial charge on any atom is 0.249 e. The average Bonchev–Trinajstić information content (AvgIpc) is 3.02. The molecular formula is C16H18ClN3O3. The minimum Gasteiger partial charge on any atom is -0.368 e. The number of rotatable bonds is 8. The second kappa shape index (κ2) is 8.45. The summed E-state index contributed by atoms with van der Waals surface area (Å²) >= 11 is 5.83. The number of nitrogens with zero attached hydrogens (tertiary/aromatic N) is 2. The molecule has 122 valence electrons. The fraction of sp³-hybridized carbons (Fsp3) is 0.312. The first-order chi connectivity index (χ1) is 11.1. The fourth-order valence-electron chi connectivity index (χ4n) is 1.75. The molecule has 0 spiro atoms. The minimum absolute atomic E-state index is 0.147. The van der Waals surface area contributed by atoms with Crippen molar-refractivity contribution in [3.05, 3.63) is 47.8 Å². The molecule has 1 amide bonds. The van der Waals surface area contributed by atoms with Gasteiger partial charge in [-0.3, -0.25) is 4.79 Å². The number of ether oxygens (including phenoxy) is 1. The van der Waals surface area contributed by atoms with Crippen LogP contribution in [0.3, 0.4) is 0 Å². The van der Waals surface area contributed by atoms with Crippen LogP contribution in [-0.4, -0.2) is 28.8 Å². The summed E-state index contributed by atoms with van der Waals surface area (Å²) < 4.78 is 10.5. The highest BCUT2D eigenvalue weighted by molar-refractivity contribution is 6.30. The smallest absolute Gasteiger partial charge is 0.249 e. The molecule has 1 heterocycles. The molecule has 0 saturated heterocycles. The topological polar surface area (TPSA) is 77.2 Å². The Hall–Kier alpha value is -2.18. The largest absolute Gasteiger partial charge is 0.368 e. The van der Waals surface area contributed by atoms with Gasteiger partial charge in [0.15, 0.2) is 0 Å². The Bertz CT molecular complexity index is 655. The van der Waals surface area contributed by atoms with Crippen LogP contribution in [-0.2, 0) is 16.1 Å². The summed E-state index contributed by atoms with van der Waals surface area (Å²) in [5, 5.41) is 7.20. The number of nitrogens with one attached hydrogen (secondary N) is 1. The Kier molecular flexibility index (Phi) is 6.31. The summed E-state index contributed by atoms with van der Waals surface area (Å²) in [5.74, 6) is 0.531. The van der Waals surface area contributed by atoms with Crippen molar-refractivity contribution in [1.82, 2.24) is 15.5 Å². The summed E-state index contributed by atoms with van der Waals surface area (Å²) in [4.78, 5) is 16.1. The predicted molar refractivity (Wildman–Crippen MR) is 86.8 cm³/mol. The van der Waals surface area contributed by atoms with Crippen molar-refractivity contribution in [3.8, 4) is 11.4 Å². The number of aromatic nitrogens is 2. The molecule has 0 radical (unpaired) electrons. The van der Waals surface area contributed by atoms with E-state index in [1.54, 1.807) is 37.3 Å². The molecule has 2 rings (SSSR count). The third-order valence-electron chi connectivity index (χ3n) is 3.04. The van der Waals surface area contributed by atoms with Crippen LogP contribution in [0.2, 0.25) is 5.02 Å². The lowest BCUT2D eigenvalue weighted by atomic mass is 10.2. The van der Waals surface area contributed by atoms with E-state index >= 15 is 0 Å². The van der Waals surface area contributed by atoms with Gasteiger partial charge in [0.25, 0.3) is 0 Å². The van der Waals surface area contributed by atoms with Gasteiger partial charge in [-0.05, 0) is 37.6 Å². The Labute approximate surface area is 139 Å². The lowest BCUT2D eigenvalue weighted by Crippen LogP contribution is -2.34. The number of hydrogen-bond acceptors (Lipinski definition) is 5. The average molecular weight is 336 g/mol. The molecule has 1 aromatic carbocycles. The fourth-order valence-corrected chi connectivity index (χ4v) is 1.88. The molecule has 0 fully saturated rings. The third kappa shape index (κ3) is 5.19. The van der Waals surface area contributed by atoms with Crippen LogP contribution in [0.4, 0.5) is 0 Å². The van der Waals surface area contributed by atoms with Crippen molar-refractivity contribution in [3.63, 3.8) is 0 Å². The lowest BCUT2D eigenvalue weighted by molar-refractivity contribution is -0.131. The zero-order chi connectivity index (χ0) is 16.7. The van der Waals surface area contributed by atoms with Crippen LogP contribution < -0.4 is 5.32 Å². The predicted octanol–water partition coefficient (Wildman–Crippen LogP) is 2.99. The highest BCUT2D eigenvalue weighted by Gasteiger charge is 2.14. The first kappa shape index (κ1) is 17.2. The monoisotopic (exact) mass is 335 g/mol. The van der Waals surface area contributed by atoms with E-state index in [-0.39, 0.29) is 12.5 Å². The van der Waals surface area contributed by atoms with Crippen LogP contribution in [0.25, 0.3) is 11.4 Å². The van der Waals surface area contributed by atoms with E-state index in [1.165, 1.54) is 0 Å². The van der Waals surface area contributed by atoms with Gasteiger partial charge in [-0.1, -0.05) is 22.8 Å². The molecule has 0 unspecified atom stereocenters. The van der Waals surface area contributed by atoms with Crippen LogP contribution in [0.1, 0.15) is 19.2 Å². The number of halogens is 1. The number of benzene rings is 1. The minimum atomic E-state index is -0.548. The van der Waals surface area contributed by atoms with Gasteiger partial charge in [-0.15, -0.1) is 6.58 Å². The van der Waals surface area contributed by atoms with E-state index in [4.69, 9.17) is 20.9 Å². The molecule has 6 nitrogen and oxygen atoms in total. The van der Waals surface area contributed by atoms with Gasteiger partial charge in [0.05, 0.1) is 13.2 Å². The van der Waals surface area contributed by atoms with E-state index < -0.39 is 6.10 Å². The van der Waals surface area contributed by atoms with Crippen LogP contribution in [0.5, 0.6) is 0 Å². The lowest BCUT2D eigenvalue weighted by Gasteiger charge is -2.11. The summed E-state index contributed by atoms with van der Waals surface area (Å²) in [7, 11) is 0. The second-order valence-electron chi connectivity index (χ2n) is 4.83. The maximum atomic E-state index is 11.9. The van der Waals surface area contributed by atoms with Crippen molar-refractivity contribution in [2.24, 2.45) is 0 Å². The quantitative estimate of drug-likeness (QED) is 0.592. The third-order valence-corrected chi connectivity index (χ3v) is 3.30. The standard InChI is InChI=1S/C16H18ClN3O3/c1-3-4-9-22-11(2)16(21)18-10-14-19-15(20-23-14)12-5-7-13(17)8-6-12/h3,5-8,11H,1,4,9-10H2,2H3,(H,18,21)/t11-/m0/s1. The van der Waals surface area contributed by atoms with E-state index in [0.29, 0.717) is 29.8 Å². The van der Waals surface area contributed by atoms with Gasteiger partial charge in [0.1, 0.15) is 6.10 Å². The Morgan fingerprint density at radius 3 is 2.91 bits per heavy atom. The molecule has 0 aliphatic heterocycles. The molecule has 1 N–H and O–H groups in total. The zero-order valence-electron chi connectivity index (χ0n) is 12.8. The van der Waals surface area contributed by atoms with E-state index in [9.17, 15) is 4.79 Å². The maximum absolute atomic E-state index is 11.9. The molecule has 23 heavy (non-hydrogen) atoms. The van der Waals surface area contributed by atoms with Crippen molar-refractivity contribution < 1.29 is 14.1 Å². The number of carbonyl (C=O) groups is 1. The van der Waals surface area contributed by atoms with Gasteiger partial charge in [0, 0.05) is 10.6 Å². The molecule has 1 aromatic heterocycles. The summed E-state index contributed by atoms with van der Waals surface area (Å²) in [5.41, 5.74) is 0.789. The highest BCUT2D eigenvalue weighted by Crippen LogP contribution is 2.18. The second-order valence-corrected chi connectivity index (χ2v) is 5.26. The van der Waals surface area contributed by atoms with Crippen molar-refractivity contribution >= 4 is 17.5 Å². The molecule has 1 atom stereocenters. The zero-order valence-corrected chi connectivity index (χ0v) is 13.5. The van der Waals surface area contributed by atoms with Gasteiger partial charge in [-0.25, -0.2) is 0 Å². The molecule has 2 aromatic rings. The SMILES string of the molecule is C=CCCO[C@@H](C)C(=O)NCc1nc(-c2ccc(Cl)cc2)no1. The van der Waals surface area contributed by atoms with Gasteiger partial charge in [-0.2, -0.15) is 4.98 Å². The normalized spacial score (nSPS) is 11.9. The summed E-state index contributed by atoms with van der Waals surface area (Å²) in [6.45, 7) is 5.89. The van der Waals surface area contributed by atoms with Crippen LogP contribution in [0, 0.1) is 0 Å². The Morgan fingerprint density at radius 2 is 2.22 bits per heavy atom. The Morgan fingerprint density at radius 1 is 1.48 bits per heavy atom. The molecule has 7 heteroatoms. The van der Waals surface area contributed by atoms with Crippen LogP contribution >= 0.6 is 11.6 Å².